The Morgan fingerprint density at radius 2 is 2.29 bits per heavy atom. The average Bonchev–Trinajstić information content (AvgIpc) is 2.53. The zero-order valence-corrected chi connectivity index (χ0v) is 12.1. The number of hydrogen-bond acceptors (Lipinski definition) is 6. The Kier molecular flexibility index (Phi) is 5.06. The zero-order chi connectivity index (χ0) is 15.2. The Bertz CT molecular complexity index is 549. The van der Waals surface area contributed by atoms with Crippen molar-refractivity contribution in [2.45, 2.75) is 19.8 Å². The Balaban J connectivity index is 2.24. The maximum absolute atomic E-state index is 11.2. The lowest BCUT2D eigenvalue weighted by Gasteiger charge is -2.29. The van der Waals surface area contributed by atoms with Gasteiger partial charge in [-0.1, -0.05) is 0 Å². The summed E-state index contributed by atoms with van der Waals surface area (Å²) in [7, 11) is 0. The predicted octanol–water partition coefficient (Wildman–Crippen LogP) is 1.69. The van der Waals surface area contributed by atoms with Gasteiger partial charge in [0.05, 0.1) is 10.5 Å². The predicted molar refractivity (Wildman–Crippen MR) is 79.1 cm³/mol. The molecule has 2 rings (SSSR count). The number of aromatic nitrogens is 1. The lowest BCUT2D eigenvalue weighted by molar-refractivity contribution is -0.384. The molecular weight excluding hydrogens is 270 g/mol. The third-order valence-electron chi connectivity index (χ3n) is 3.79. The number of hydrogen-bond donors (Lipinski definition) is 1. The molecule has 1 fully saturated rings. The molecule has 1 saturated heterocycles. The summed E-state index contributed by atoms with van der Waals surface area (Å²) in [6.07, 6.45) is 3.54. The van der Waals surface area contributed by atoms with Crippen molar-refractivity contribution < 1.29 is 4.92 Å². The van der Waals surface area contributed by atoms with E-state index in [1.807, 2.05) is 17.9 Å². The van der Waals surface area contributed by atoms with Gasteiger partial charge in [0.2, 0.25) is 5.82 Å². The van der Waals surface area contributed by atoms with Gasteiger partial charge in [-0.05, 0) is 38.8 Å². The molecule has 0 amide bonds. The second kappa shape index (κ2) is 6.99. The number of anilines is 1. The number of pyridine rings is 1. The van der Waals surface area contributed by atoms with Gasteiger partial charge in [0, 0.05) is 25.4 Å². The molecule has 0 aliphatic carbocycles. The van der Waals surface area contributed by atoms with Crippen LogP contribution in [0.3, 0.4) is 0 Å². The number of nitrogens with zero attached hydrogens (tertiary/aromatic N) is 4. The number of rotatable bonds is 5. The van der Waals surface area contributed by atoms with Crippen molar-refractivity contribution in [1.82, 2.24) is 10.3 Å². The minimum Gasteiger partial charge on any atom is -0.351 e. The van der Waals surface area contributed by atoms with E-state index in [4.69, 9.17) is 5.26 Å². The second-order valence-corrected chi connectivity index (χ2v) is 5.17. The van der Waals surface area contributed by atoms with E-state index in [1.54, 1.807) is 0 Å². The Morgan fingerprint density at radius 1 is 1.57 bits per heavy atom. The fraction of sp³-hybridized carbons (Fsp3) is 0.571. The highest BCUT2D eigenvalue weighted by Crippen LogP contribution is 2.28. The minimum absolute atomic E-state index is 0.0927. The van der Waals surface area contributed by atoms with Crippen LogP contribution >= 0.6 is 0 Å². The van der Waals surface area contributed by atoms with Crippen LogP contribution in [0.15, 0.2) is 12.3 Å². The quantitative estimate of drug-likeness (QED) is 0.654. The monoisotopic (exact) mass is 289 g/mol. The normalized spacial score (nSPS) is 15.4. The molecule has 0 radical (unpaired) electrons. The standard InChI is InChI=1S/C14H19N5O2/c1-2-18(10-11-3-5-16-6-4-11)14-13(19(20)21)7-12(8-15)9-17-14/h7,9,11,16H,2-6,10H2,1H3. The van der Waals surface area contributed by atoms with Crippen molar-refractivity contribution >= 4 is 11.5 Å². The first-order valence-electron chi connectivity index (χ1n) is 7.16. The Morgan fingerprint density at radius 3 is 2.86 bits per heavy atom. The first-order chi connectivity index (χ1) is 10.2. The minimum atomic E-state index is -0.464. The third-order valence-corrected chi connectivity index (χ3v) is 3.79. The topological polar surface area (TPSA) is 95.1 Å². The van der Waals surface area contributed by atoms with Crippen LogP contribution < -0.4 is 10.2 Å². The molecule has 112 valence electrons. The Labute approximate surface area is 123 Å². The van der Waals surface area contributed by atoms with Crippen LogP contribution in [0, 0.1) is 27.4 Å². The van der Waals surface area contributed by atoms with Gasteiger partial charge in [0.15, 0.2) is 0 Å². The van der Waals surface area contributed by atoms with Crippen LogP contribution in [0.5, 0.6) is 0 Å². The molecule has 1 aromatic heterocycles. The van der Waals surface area contributed by atoms with Crippen LogP contribution in [0.2, 0.25) is 0 Å². The van der Waals surface area contributed by atoms with E-state index in [-0.39, 0.29) is 11.3 Å². The van der Waals surface area contributed by atoms with Crippen LogP contribution in [0.1, 0.15) is 25.3 Å². The molecule has 0 spiro atoms. The largest absolute Gasteiger partial charge is 0.351 e. The number of nitrogens with one attached hydrogen (secondary N) is 1. The van der Waals surface area contributed by atoms with Crippen LogP contribution in [-0.2, 0) is 0 Å². The van der Waals surface area contributed by atoms with E-state index in [0.29, 0.717) is 18.3 Å². The van der Waals surface area contributed by atoms with Crippen LogP contribution in [-0.4, -0.2) is 36.1 Å². The molecule has 0 saturated carbocycles. The highest BCUT2D eigenvalue weighted by Gasteiger charge is 2.24. The maximum atomic E-state index is 11.2. The number of nitriles is 1. The number of piperidine rings is 1. The highest BCUT2D eigenvalue weighted by atomic mass is 16.6. The molecule has 2 heterocycles. The first-order valence-corrected chi connectivity index (χ1v) is 7.16. The molecule has 7 nitrogen and oxygen atoms in total. The van der Waals surface area contributed by atoms with Gasteiger partial charge in [-0.15, -0.1) is 0 Å². The van der Waals surface area contributed by atoms with Crippen molar-refractivity contribution in [3.8, 4) is 6.07 Å². The zero-order valence-electron chi connectivity index (χ0n) is 12.1. The van der Waals surface area contributed by atoms with Gasteiger partial charge in [0.1, 0.15) is 6.07 Å². The SMILES string of the molecule is CCN(CC1CCNCC1)c1ncc(C#N)cc1[N+](=O)[O-]. The molecule has 0 aromatic carbocycles. The molecule has 7 heteroatoms. The average molecular weight is 289 g/mol. The van der Waals surface area contributed by atoms with E-state index >= 15 is 0 Å². The van der Waals surface area contributed by atoms with Gasteiger partial charge >= 0.3 is 5.69 Å². The molecule has 1 aromatic rings. The van der Waals surface area contributed by atoms with Gasteiger partial charge in [-0.3, -0.25) is 10.1 Å². The molecule has 0 atom stereocenters. The van der Waals surface area contributed by atoms with Crippen molar-refractivity contribution in [3.05, 3.63) is 27.9 Å². The molecule has 0 unspecified atom stereocenters. The van der Waals surface area contributed by atoms with Crippen LogP contribution in [0.25, 0.3) is 0 Å². The fourth-order valence-corrected chi connectivity index (χ4v) is 2.63. The Hall–Kier alpha value is -2.20. The van der Waals surface area contributed by atoms with Crippen molar-refractivity contribution in [3.63, 3.8) is 0 Å². The van der Waals surface area contributed by atoms with Gasteiger partial charge in [-0.25, -0.2) is 4.98 Å². The first kappa shape index (κ1) is 15.2. The molecule has 1 N–H and O–H groups in total. The van der Waals surface area contributed by atoms with Crippen molar-refractivity contribution in [1.29, 1.82) is 5.26 Å². The smallest absolute Gasteiger partial charge is 0.312 e. The molecule has 21 heavy (non-hydrogen) atoms. The summed E-state index contributed by atoms with van der Waals surface area (Å²) >= 11 is 0. The summed E-state index contributed by atoms with van der Waals surface area (Å²) in [5.74, 6) is 0.878. The van der Waals surface area contributed by atoms with E-state index in [0.717, 1.165) is 32.5 Å². The van der Waals surface area contributed by atoms with Gasteiger partial charge in [-0.2, -0.15) is 5.26 Å². The van der Waals surface area contributed by atoms with E-state index in [2.05, 4.69) is 10.3 Å². The lowest BCUT2D eigenvalue weighted by atomic mass is 9.97. The van der Waals surface area contributed by atoms with Gasteiger partial charge in [0.25, 0.3) is 0 Å². The lowest BCUT2D eigenvalue weighted by Crippen LogP contribution is -2.36. The fourth-order valence-electron chi connectivity index (χ4n) is 2.63. The summed E-state index contributed by atoms with van der Waals surface area (Å²) in [5, 5.41) is 23.4. The van der Waals surface area contributed by atoms with E-state index < -0.39 is 4.92 Å². The third kappa shape index (κ3) is 3.67. The highest BCUT2D eigenvalue weighted by molar-refractivity contribution is 5.60. The molecular formula is C14H19N5O2. The van der Waals surface area contributed by atoms with Crippen molar-refractivity contribution in [2.24, 2.45) is 5.92 Å². The summed E-state index contributed by atoms with van der Waals surface area (Å²) in [5.41, 5.74) is 0.119. The summed E-state index contributed by atoms with van der Waals surface area (Å²) < 4.78 is 0. The summed E-state index contributed by atoms with van der Waals surface area (Å²) in [6.45, 7) is 5.36. The molecule has 0 bridgehead atoms. The number of nitro groups is 1. The van der Waals surface area contributed by atoms with E-state index in [9.17, 15) is 10.1 Å². The maximum Gasteiger partial charge on any atom is 0.312 e. The summed E-state index contributed by atoms with van der Waals surface area (Å²) in [6, 6.07) is 3.19. The molecule has 1 aliphatic heterocycles. The van der Waals surface area contributed by atoms with Crippen LogP contribution in [0.4, 0.5) is 11.5 Å². The van der Waals surface area contributed by atoms with Gasteiger partial charge < -0.3 is 10.2 Å². The van der Waals surface area contributed by atoms with Crippen molar-refractivity contribution in [2.75, 3.05) is 31.1 Å². The summed E-state index contributed by atoms with van der Waals surface area (Å²) in [4.78, 5) is 16.9. The van der Waals surface area contributed by atoms with E-state index in [1.165, 1.54) is 12.3 Å². The second-order valence-electron chi connectivity index (χ2n) is 5.17. The molecule has 1 aliphatic rings.